The summed E-state index contributed by atoms with van der Waals surface area (Å²) in [4.78, 5) is 0. The van der Waals surface area contributed by atoms with E-state index in [0.717, 1.165) is 0 Å². The summed E-state index contributed by atoms with van der Waals surface area (Å²) in [5.41, 5.74) is 0. The Morgan fingerprint density at radius 2 is 1.05 bits per heavy atom. The van der Waals surface area contributed by atoms with Gasteiger partial charge in [0.25, 0.3) is 8.32 Å². The molecule has 0 bridgehead atoms. The third-order valence-corrected chi connectivity index (χ3v) is 9.90. The topological polar surface area (TPSA) is 9.23 Å². The summed E-state index contributed by atoms with van der Waals surface area (Å²) in [6.45, 7) is 10.5. The fourth-order valence-corrected chi connectivity index (χ4v) is 3.43. The van der Waals surface area contributed by atoms with Crippen LogP contribution in [0.2, 0.25) is 43.2 Å². The van der Waals surface area contributed by atoms with Crippen molar-refractivity contribution in [3.8, 4) is 5.75 Å². The van der Waals surface area contributed by atoms with Gasteiger partial charge in [-0.3, -0.25) is 0 Å². The van der Waals surface area contributed by atoms with Crippen LogP contribution in [0.4, 0.5) is 0 Å². The second-order valence-electron chi connectivity index (χ2n) is 5.76. The first kappa shape index (κ1) is 17.7. The van der Waals surface area contributed by atoms with E-state index < -0.39 is 8.32 Å². The van der Waals surface area contributed by atoms with E-state index in [1.807, 2.05) is 0 Å². The Morgan fingerprint density at radius 1 is 0.737 bits per heavy atom. The van der Waals surface area contributed by atoms with Crippen LogP contribution in [0.3, 0.4) is 0 Å². The van der Waals surface area contributed by atoms with Gasteiger partial charge in [-0.2, -0.15) is 0 Å². The van der Waals surface area contributed by atoms with Crippen molar-refractivity contribution in [2.45, 2.75) is 38.9 Å². The quantitative estimate of drug-likeness (QED) is 0.296. The average molecular weight is 381 g/mol. The molecule has 19 heavy (non-hydrogen) atoms. The van der Waals surface area contributed by atoms with Crippen LogP contribution in [0.5, 0.6) is 5.75 Å². The van der Waals surface area contributed by atoms with Crippen molar-refractivity contribution in [2.24, 2.45) is 0 Å². The van der Waals surface area contributed by atoms with Gasteiger partial charge in [-0.1, -0.05) is 78.8 Å². The maximum Gasteiger partial charge on any atom is 0.250 e. The van der Waals surface area contributed by atoms with E-state index in [4.69, 9.17) is 62.4 Å². The number of benzene rings is 1. The molecular weight excluding hydrogens is 365 g/mol. The van der Waals surface area contributed by atoms with Gasteiger partial charge in [0, 0.05) is 0 Å². The maximum absolute atomic E-state index is 6.17. The summed E-state index contributed by atoms with van der Waals surface area (Å²) in [7, 11) is -2.10. The minimum absolute atomic E-state index is 0.00174. The van der Waals surface area contributed by atoms with E-state index in [9.17, 15) is 0 Å². The van der Waals surface area contributed by atoms with Gasteiger partial charge < -0.3 is 4.43 Å². The van der Waals surface area contributed by atoms with Gasteiger partial charge in [0.2, 0.25) is 0 Å². The number of rotatable bonds is 2. The zero-order valence-corrected chi connectivity index (χ0v) is 16.1. The lowest BCUT2D eigenvalue weighted by atomic mass is 10.2. The fraction of sp³-hybridized carbons (Fsp3) is 0.500. The van der Waals surface area contributed by atoms with Crippen LogP contribution in [0.25, 0.3) is 0 Å². The van der Waals surface area contributed by atoms with Gasteiger partial charge in [0.1, 0.15) is 15.8 Å². The van der Waals surface area contributed by atoms with Crippen LogP contribution in [0.15, 0.2) is 0 Å². The molecule has 108 valence electrons. The Hall–Kier alpha value is 0.687. The molecule has 1 aromatic rings. The highest BCUT2D eigenvalue weighted by molar-refractivity contribution is 6.75. The lowest BCUT2D eigenvalue weighted by Gasteiger charge is -2.37. The SMILES string of the molecule is CC(C)(C)[Si](C)(C)Oc1c(Cl)c(Cl)c(Cl)c(Cl)c1Cl. The molecule has 0 aliphatic heterocycles. The monoisotopic (exact) mass is 378 g/mol. The fourth-order valence-electron chi connectivity index (χ4n) is 1.08. The smallest absolute Gasteiger partial charge is 0.250 e. The maximum atomic E-state index is 6.17. The molecule has 7 heteroatoms. The standard InChI is InChI=1S/C12H15Cl5OSi/c1-12(2,3)19(4,5)18-11-9(16)7(14)6(13)8(15)10(11)17/h1-5H3. The molecule has 0 radical (unpaired) electrons. The highest BCUT2D eigenvalue weighted by atomic mass is 35.5. The van der Waals surface area contributed by atoms with Crippen molar-refractivity contribution in [1.29, 1.82) is 0 Å². The molecule has 1 nitrogen and oxygen atoms in total. The van der Waals surface area contributed by atoms with Crippen molar-refractivity contribution in [3.05, 3.63) is 25.1 Å². The van der Waals surface area contributed by atoms with E-state index in [0.29, 0.717) is 5.75 Å². The van der Waals surface area contributed by atoms with Crippen molar-refractivity contribution in [2.75, 3.05) is 0 Å². The third kappa shape index (κ3) is 3.48. The molecular formula is C12H15Cl5OSi. The number of hydrogen-bond acceptors (Lipinski definition) is 1. The van der Waals surface area contributed by atoms with Gasteiger partial charge in [-0.15, -0.1) is 0 Å². The molecule has 0 spiro atoms. The van der Waals surface area contributed by atoms with E-state index in [-0.39, 0.29) is 30.2 Å². The highest BCUT2D eigenvalue weighted by Gasteiger charge is 2.40. The van der Waals surface area contributed by atoms with Crippen LogP contribution in [-0.4, -0.2) is 8.32 Å². The molecule has 0 unspecified atom stereocenters. The van der Waals surface area contributed by atoms with Gasteiger partial charge in [-0.05, 0) is 18.1 Å². The molecule has 0 heterocycles. The molecule has 0 saturated carbocycles. The summed E-state index contributed by atoms with van der Waals surface area (Å²) < 4.78 is 6.09. The second-order valence-corrected chi connectivity index (χ2v) is 12.4. The van der Waals surface area contributed by atoms with Crippen molar-refractivity contribution >= 4 is 66.3 Å². The van der Waals surface area contributed by atoms with E-state index in [1.165, 1.54) is 0 Å². The first-order valence-electron chi connectivity index (χ1n) is 5.60. The second kappa shape index (κ2) is 5.82. The zero-order valence-electron chi connectivity index (χ0n) is 11.3. The van der Waals surface area contributed by atoms with E-state index >= 15 is 0 Å². The molecule has 0 atom stereocenters. The Kier molecular flexibility index (Phi) is 5.44. The van der Waals surface area contributed by atoms with E-state index in [2.05, 4.69) is 33.9 Å². The van der Waals surface area contributed by atoms with Crippen molar-refractivity contribution < 1.29 is 4.43 Å². The molecule has 0 aliphatic rings. The summed E-state index contributed by atoms with van der Waals surface area (Å²) in [6, 6.07) is 0. The summed E-state index contributed by atoms with van der Waals surface area (Å²) in [6.07, 6.45) is 0. The van der Waals surface area contributed by atoms with Crippen LogP contribution in [0, 0.1) is 0 Å². The van der Waals surface area contributed by atoms with Crippen molar-refractivity contribution in [3.63, 3.8) is 0 Å². The Balaban J connectivity index is 3.39. The Bertz CT molecular complexity index is 479. The van der Waals surface area contributed by atoms with Crippen LogP contribution in [0.1, 0.15) is 20.8 Å². The normalized spacial score (nSPS) is 12.7. The predicted octanol–water partition coefficient (Wildman–Crippen LogP) is 7.34. The summed E-state index contributed by atoms with van der Waals surface area (Å²) >= 11 is 30.3. The lowest BCUT2D eigenvalue weighted by Crippen LogP contribution is -2.44. The van der Waals surface area contributed by atoms with Crippen LogP contribution in [-0.2, 0) is 0 Å². The molecule has 0 aromatic heterocycles. The van der Waals surface area contributed by atoms with Gasteiger partial charge in [0.15, 0.2) is 0 Å². The zero-order chi connectivity index (χ0) is 15.2. The largest absolute Gasteiger partial charge is 0.541 e. The van der Waals surface area contributed by atoms with Gasteiger partial charge in [-0.25, -0.2) is 0 Å². The number of hydrogen-bond donors (Lipinski definition) is 0. The molecule has 0 fully saturated rings. The minimum Gasteiger partial charge on any atom is -0.541 e. The molecule has 1 aromatic carbocycles. The molecule has 0 aliphatic carbocycles. The Morgan fingerprint density at radius 3 is 1.37 bits per heavy atom. The van der Waals surface area contributed by atoms with Crippen LogP contribution >= 0.6 is 58.0 Å². The Labute approximate surface area is 140 Å². The summed E-state index contributed by atoms with van der Waals surface area (Å²) in [5.74, 6) is 0.314. The number of halogens is 5. The highest BCUT2D eigenvalue weighted by Crippen LogP contribution is 2.50. The first-order chi connectivity index (χ1) is 8.40. The van der Waals surface area contributed by atoms with Crippen molar-refractivity contribution in [1.82, 2.24) is 0 Å². The molecule has 0 amide bonds. The first-order valence-corrected chi connectivity index (χ1v) is 10.4. The lowest BCUT2D eigenvalue weighted by molar-refractivity contribution is 0.492. The average Bonchev–Trinajstić information content (AvgIpc) is 2.28. The predicted molar refractivity (Wildman–Crippen MR) is 89.3 cm³/mol. The van der Waals surface area contributed by atoms with E-state index in [1.54, 1.807) is 0 Å². The minimum atomic E-state index is -2.10. The van der Waals surface area contributed by atoms with Crippen LogP contribution < -0.4 is 4.43 Å². The van der Waals surface area contributed by atoms with Gasteiger partial charge in [0.05, 0.1) is 15.1 Å². The molecule has 0 saturated heterocycles. The van der Waals surface area contributed by atoms with Gasteiger partial charge >= 0.3 is 0 Å². The molecule has 1 rings (SSSR count). The summed E-state index contributed by atoms with van der Waals surface area (Å²) in [5, 5.41) is 0.855. The molecule has 0 N–H and O–H groups in total. The third-order valence-electron chi connectivity index (χ3n) is 3.33.